The van der Waals surface area contributed by atoms with Gasteiger partial charge in [-0.3, -0.25) is 10.1 Å². The van der Waals surface area contributed by atoms with Crippen LogP contribution in [0.15, 0.2) is 30.5 Å². The number of anilines is 1. The standard InChI is InChI=1S/C17H21ClN4O3/c1-11-10-22(13-6-4-12(18)5-7-13)21-15(11)19-16(25)20-17(2,3)9-8-14(23)24/h4-7,10H,8-9H2,1-3H3,(H,23,24)(H2,19,20,21,25). The highest BCUT2D eigenvalue weighted by atomic mass is 35.5. The smallest absolute Gasteiger partial charge is 0.320 e. The quantitative estimate of drug-likeness (QED) is 0.729. The van der Waals surface area contributed by atoms with Crippen molar-refractivity contribution in [3.8, 4) is 5.69 Å². The third-order valence-electron chi connectivity index (χ3n) is 3.64. The number of rotatable bonds is 6. The maximum atomic E-state index is 12.2. The summed E-state index contributed by atoms with van der Waals surface area (Å²) in [4.78, 5) is 22.9. The van der Waals surface area contributed by atoms with Gasteiger partial charge in [-0.1, -0.05) is 11.6 Å². The van der Waals surface area contributed by atoms with E-state index < -0.39 is 17.5 Å². The van der Waals surface area contributed by atoms with Gasteiger partial charge in [0.2, 0.25) is 0 Å². The summed E-state index contributed by atoms with van der Waals surface area (Å²) < 4.78 is 1.65. The zero-order chi connectivity index (χ0) is 18.6. The number of aliphatic carboxylic acids is 1. The highest BCUT2D eigenvalue weighted by Gasteiger charge is 2.22. The minimum absolute atomic E-state index is 0.0164. The van der Waals surface area contributed by atoms with Gasteiger partial charge in [0.25, 0.3) is 0 Å². The lowest BCUT2D eigenvalue weighted by atomic mass is 9.99. The molecule has 0 saturated carbocycles. The van der Waals surface area contributed by atoms with Gasteiger partial charge in [-0.15, -0.1) is 5.10 Å². The number of nitrogens with zero attached hydrogens (tertiary/aromatic N) is 2. The first kappa shape index (κ1) is 18.8. The number of carbonyl (C=O) groups excluding carboxylic acids is 1. The van der Waals surface area contributed by atoms with Crippen LogP contribution in [0.1, 0.15) is 32.3 Å². The van der Waals surface area contributed by atoms with Crippen molar-refractivity contribution in [1.29, 1.82) is 0 Å². The molecule has 1 heterocycles. The summed E-state index contributed by atoms with van der Waals surface area (Å²) in [7, 11) is 0. The molecule has 0 bridgehead atoms. The van der Waals surface area contributed by atoms with Crippen LogP contribution in [-0.2, 0) is 4.79 Å². The number of benzene rings is 1. The monoisotopic (exact) mass is 364 g/mol. The molecule has 25 heavy (non-hydrogen) atoms. The van der Waals surface area contributed by atoms with E-state index in [2.05, 4.69) is 15.7 Å². The summed E-state index contributed by atoms with van der Waals surface area (Å²) in [6.45, 7) is 5.38. The molecule has 0 saturated heterocycles. The molecule has 1 aromatic heterocycles. The molecule has 0 fully saturated rings. The number of amides is 2. The number of urea groups is 1. The third kappa shape index (κ3) is 5.49. The Hall–Kier alpha value is -2.54. The summed E-state index contributed by atoms with van der Waals surface area (Å²) in [5.41, 5.74) is 0.978. The van der Waals surface area contributed by atoms with Gasteiger partial charge in [0, 0.05) is 28.7 Å². The van der Waals surface area contributed by atoms with Crippen LogP contribution in [-0.4, -0.2) is 32.4 Å². The number of aromatic nitrogens is 2. The Morgan fingerprint density at radius 3 is 2.52 bits per heavy atom. The largest absolute Gasteiger partial charge is 0.481 e. The first-order valence-corrected chi connectivity index (χ1v) is 8.17. The van der Waals surface area contributed by atoms with Gasteiger partial charge >= 0.3 is 12.0 Å². The number of carbonyl (C=O) groups is 2. The fourth-order valence-electron chi connectivity index (χ4n) is 2.24. The zero-order valence-corrected chi connectivity index (χ0v) is 15.1. The molecule has 0 unspecified atom stereocenters. The highest BCUT2D eigenvalue weighted by Crippen LogP contribution is 2.18. The molecule has 0 aliphatic heterocycles. The van der Waals surface area contributed by atoms with E-state index in [9.17, 15) is 9.59 Å². The van der Waals surface area contributed by atoms with Gasteiger partial charge in [0.15, 0.2) is 5.82 Å². The van der Waals surface area contributed by atoms with Crippen LogP contribution in [0.2, 0.25) is 5.02 Å². The fraction of sp³-hybridized carbons (Fsp3) is 0.353. The SMILES string of the molecule is Cc1cn(-c2ccc(Cl)cc2)nc1NC(=O)NC(C)(C)CCC(=O)O. The molecular weight excluding hydrogens is 344 g/mol. The van der Waals surface area contributed by atoms with Crippen LogP contribution in [0.5, 0.6) is 0 Å². The Kier molecular flexibility index (Phi) is 5.69. The van der Waals surface area contributed by atoms with Crippen molar-refractivity contribution in [3.63, 3.8) is 0 Å². The van der Waals surface area contributed by atoms with Crippen LogP contribution in [0.4, 0.5) is 10.6 Å². The second-order valence-electron chi connectivity index (χ2n) is 6.44. The molecule has 1 aromatic carbocycles. The van der Waals surface area contributed by atoms with Crippen molar-refractivity contribution >= 4 is 29.4 Å². The van der Waals surface area contributed by atoms with Crippen LogP contribution in [0, 0.1) is 6.92 Å². The molecule has 2 amide bonds. The zero-order valence-electron chi connectivity index (χ0n) is 14.3. The van der Waals surface area contributed by atoms with E-state index in [0.29, 0.717) is 17.3 Å². The van der Waals surface area contributed by atoms with Crippen LogP contribution in [0.3, 0.4) is 0 Å². The Morgan fingerprint density at radius 2 is 1.92 bits per heavy atom. The topological polar surface area (TPSA) is 96.3 Å². The summed E-state index contributed by atoms with van der Waals surface area (Å²) in [6.07, 6.45) is 2.11. The van der Waals surface area contributed by atoms with E-state index in [4.69, 9.17) is 16.7 Å². The number of aryl methyl sites for hydroxylation is 1. The maximum Gasteiger partial charge on any atom is 0.320 e. The predicted molar refractivity (Wildman–Crippen MR) is 96.4 cm³/mol. The second-order valence-corrected chi connectivity index (χ2v) is 6.87. The molecule has 134 valence electrons. The molecule has 3 N–H and O–H groups in total. The average Bonchev–Trinajstić information content (AvgIpc) is 2.86. The molecule has 0 radical (unpaired) electrons. The number of hydrogen-bond donors (Lipinski definition) is 3. The number of halogens is 1. The van der Waals surface area contributed by atoms with E-state index in [1.807, 2.05) is 19.1 Å². The van der Waals surface area contributed by atoms with Gasteiger partial charge in [-0.05, 0) is 51.5 Å². The first-order chi connectivity index (χ1) is 11.7. The summed E-state index contributed by atoms with van der Waals surface area (Å²) >= 11 is 5.88. The molecule has 0 spiro atoms. The normalized spacial score (nSPS) is 11.2. The summed E-state index contributed by atoms with van der Waals surface area (Å²) in [5, 5.41) is 19.2. The van der Waals surface area contributed by atoms with Gasteiger partial charge in [0.05, 0.1) is 5.69 Å². The third-order valence-corrected chi connectivity index (χ3v) is 3.89. The fourth-order valence-corrected chi connectivity index (χ4v) is 2.36. The second kappa shape index (κ2) is 7.57. The average molecular weight is 365 g/mol. The van der Waals surface area contributed by atoms with E-state index in [0.717, 1.165) is 11.3 Å². The maximum absolute atomic E-state index is 12.2. The van der Waals surface area contributed by atoms with Gasteiger partial charge in [-0.25, -0.2) is 9.48 Å². The minimum atomic E-state index is -0.896. The van der Waals surface area contributed by atoms with E-state index in [1.165, 1.54) is 0 Å². The van der Waals surface area contributed by atoms with Gasteiger partial charge in [-0.2, -0.15) is 0 Å². The molecule has 0 aliphatic carbocycles. The van der Waals surface area contributed by atoms with Crippen molar-refractivity contribution in [1.82, 2.24) is 15.1 Å². The lowest BCUT2D eigenvalue weighted by Gasteiger charge is -2.25. The summed E-state index contributed by atoms with van der Waals surface area (Å²) in [6, 6.07) is 6.75. The van der Waals surface area contributed by atoms with E-state index in [-0.39, 0.29) is 6.42 Å². The van der Waals surface area contributed by atoms with Crippen LogP contribution < -0.4 is 10.6 Å². The Bertz CT molecular complexity index is 769. The lowest BCUT2D eigenvalue weighted by molar-refractivity contribution is -0.137. The van der Waals surface area contributed by atoms with Gasteiger partial charge in [0.1, 0.15) is 0 Å². The molecule has 2 rings (SSSR count). The Morgan fingerprint density at radius 1 is 1.28 bits per heavy atom. The Balaban J connectivity index is 2.04. The van der Waals surface area contributed by atoms with Crippen molar-refractivity contribution in [2.24, 2.45) is 0 Å². The van der Waals surface area contributed by atoms with E-state index in [1.54, 1.807) is 36.9 Å². The van der Waals surface area contributed by atoms with Gasteiger partial charge < -0.3 is 10.4 Å². The molecule has 0 aliphatic rings. The Labute approximate surface area is 151 Å². The van der Waals surface area contributed by atoms with Crippen LogP contribution in [0.25, 0.3) is 5.69 Å². The number of hydrogen-bond acceptors (Lipinski definition) is 3. The lowest BCUT2D eigenvalue weighted by Crippen LogP contribution is -2.45. The minimum Gasteiger partial charge on any atom is -0.481 e. The molecule has 2 aromatic rings. The summed E-state index contributed by atoms with van der Waals surface area (Å²) in [5.74, 6) is -0.464. The van der Waals surface area contributed by atoms with Crippen molar-refractivity contribution in [2.75, 3.05) is 5.32 Å². The van der Waals surface area contributed by atoms with Crippen molar-refractivity contribution < 1.29 is 14.7 Å². The molecule has 7 nitrogen and oxygen atoms in total. The van der Waals surface area contributed by atoms with E-state index >= 15 is 0 Å². The number of carboxylic acid groups (broad SMARTS) is 1. The number of nitrogens with one attached hydrogen (secondary N) is 2. The van der Waals surface area contributed by atoms with Crippen molar-refractivity contribution in [3.05, 3.63) is 41.0 Å². The first-order valence-electron chi connectivity index (χ1n) is 7.79. The van der Waals surface area contributed by atoms with Crippen molar-refractivity contribution in [2.45, 2.75) is 39.2 Å². The highest BCUT2D eigenvalue weighted by molar-refractivity contribution is 6.30. The number of carboxylic acids is 1. The molecular formula is C17H21ClN4O3. The molecule has 0 atom stereocenters. The predicted octanol–water partition coefficient (Wildman–Crippen LogP) is 3.60. The molecule has 8 heteroatoms. The van der Waals surface area contributed by atoms with Crippen LogP contribution >= 0.6 is 11.6 Å².